The van der Waals surface area contributed by atoms with Gasteiger partial charge in [0.05, 0.1) is 16.4 Å². The predicted octanol–water partition coefficient (Wildman–Crippen LogP) is 4.83. The molecule has 108 valence electrons. The smallest absolute Gasteiger partial charge is 0.128 e. The number of imidazole rings is 1. The van der Waals surface area contributed by atoms with E-state index in [1.807, 2.05) is 6.92 Å². The van der Waals surface area contributed by atoms with Crippen molar-refractivity contribution in [1.29, 1.82) is 0 Å². The van der Waals surface area contributed by atoms with Crippen LogP contribution in [0.15, 0.2) is 42.5 Å². The molecule has 0 amide bonds. The Balaban J connectivity index is 2.10. The van der Waals surface area contributed by atoms with Crippen LogP contribution in [0.4, 0.5) is 4.39 Å². The Labute approximate surface area is 128 Å². The SMILES string of the molecule is Cc1ccc(Cn2c(C(C)Cl)nc3cc(F)ccc32)cc1. The van der Waals surface area contributed by atoms with Crippen LogP contribution in [0.2, 0.25) is 0 Å². The van der Waals surface area contributed by atoms with E-state index in [1.54, 1.807) is 6.07 Å². The molecule has 1 unspecified atom stereocenters. The number of benzene rings is 2. The Kier molecular flexibility index (Phi) is 3.68. The summed E-state index contributed by atoms with van der Waals surface area (Å²) < 4.78 is 15.4. The number of aromatic nitrogens is 2. The van der Waals surface area contributed by atoms with Gasteiger partial charge in [0.2, 0.25) is 0 Å². The first kappa shape index (κ1) is 14.1. The summed E-state index contributed by atoms with van der Waals surface area (Å²) in [5.74, 6) is 0.481. The number of alkyl halides is 1. The molecule has 0 saturated heterocycles. The molecule has 0 fully saturated rings. The van der Waals surface area contributed by atoms with Gasteiger partial charge in [0.15, 0.2) is 0 Å². The number of nitrogens with zero attached hydrogens (tertiary/aromatic N) is 2. The summed E-state index contributed by atoms with van der Waals surface area (Å²) in [6, 6.07) is 13.0. The van der Waals surface area contributed by atoms with Gasteiger partial charge in [-0.15, -0.1) is 11.6 Å². The van der Waals surface area contributed by atoms with Crippen LogP contribution in [0.3, 0.4) is 0 Å². The minimum Gasteiger partial charge on any atom is -0.322 e. The Bertz CT molecular complexity index is 775. The topological polar surface area (TPSA) is 17.8 Å². The average molecular weight is 303 g/mol. The molecule has 0 aliphatic rings. The summed E-state index contributed by atoms with van der Waals surface area (Å²) in [5, 5.41) is -0.231. The molecule has 3 aromatic rings. The number of hydrogen-bond acceptors (Lipinski definition) is 1. The van der Waals surface area contributed by atoms with Crippen LogP contribution in [-0.2, 0) is 6.54 Å². The predicted molar refractivity (Wildman–Crippen MR) is 84.2 cm³/mol. The van der Waals surface area contributed by atoms with Crippen molar-refractivity contribution in [3.8, 4) is 0 Å². The second kappa shape index (κ2) is 5.49. The van der Waals surface area contributed by atoms with E-state index in [2.05, 4.69) is 40.7 Å². The number of rotatable bonds is 3. The largest absolute Gasteiger partial charge is 0.322 e. The first-order valence-corrected chi connectivity index (χ1v) is 7.33. The van der Waals surface area contributed by atoms with Gasteiger partial charge in [-0.1, -0.05) is 29.8 Å². The van der Waals surface area contributed by atoms with E-state index >= 15 is 0 Å². The molecule has 1 atom stereocenters. The maximum absolute atomic E-state index is 13.4. The van der Waals surface area contributed by atoms with Gasteiger partial charge in [-0.3, -0.25) is 0 Å². The highest BCUT2D eigenvalue weighted by molar-refractivity contribution is 6.20. The molecule has 1 heterocycles. The van der Waals surface area contributed by atoms with E-state index in [9.17, 15) is 4.39 Å². The van der Waals surface area contributed by atoms with Gasteiger partial charge in [0, 0.05) is 12.6 Å². The molecule has 2 aromatic carbocycles. The molecule has 1 aromatic heterocycles. The number of aryl methyl sites for hydroxylation is 1. The van der Waals surface area contributed by atoms with Crippen molar-refractivity contribution < 1.29 is 4.39 Å². The maximum atomic E-state index is 13.4. The fourth-order valence-corrected chi connectivity index (χ4v) is 2.63. The van der Waals surface area contributed by atoms with Crippen LogP contribution in [0.1, 0.15) is 29.3 Å². The minimum atomic E-state index is -0.281. The highest BCUT2D eigenvalue weighted by Gasteiger charge is 2.15. The van der Waals surface area contributed by atoms with Crippen LogP contribution in [0.5, 0.6) is 0 Å². The van der Waals surface area contributed by atoms with Gasteiger partial charge >= 0.3 is 0 Å². The quantitative estimate of drug-likeness (QED) is 0.634. The Morgan fingerprint density at radius 3 is 2.57 bits per heavy atom. The highest BCUT2D eigenvalue weighted by Crippen LogP contribution is 2.26. The molecule has 2 nitrogen and oxygen atoms in total. The molecule has 21 heavy (non-hydrogen) atoms. The molecule has 0 aliphatic carbocycles. The lowest BCUT2D eigenvalue weighted by Crippen LogP contribution is -2.05. The monoisotopic (exact) mass is 302 g/mol. The summed E-state index contributed by atoms with van der Waals surface area (Å²) in [7, 11) is 0. The number of halogens is 2. The second-order valence-corrected chi connectivity index (χ2v) is 5.95. The molecular weight excluding hydrogens is 287 g/mol. The third-order valence-electron chi connectivity index (χ3n) is 3.56. The van der Waals surface area contributed by atoms with Crippen LogP contribution >= 0.6 is 11.6 Å². The standard InChI is InChI=1S/C17H16ClFN2/c1-11-3-5-13(6-4-11)10-21-16-8-7-14(19)9-15(16)20-17(21)12(2)18/h3-9,12H,10H2,1-2H3. The lowest BCUT2D eigenvalue weighted by molar-refractivity contribution is 0.629. The summed E-state index contributed by atoms with van der Waals surface area (Å²) in [4.78, 5) is 4.48. The number of hydrogen-bond donors (Lipinski definition) is 0. The van der Waals surface area contributed by atoms with E-state index in [0.717, 1.165) is 11.3 Å². The molecule has 0 bridgehead atoms. The van der Waals surface area contributed by atoms with Crippen molar-refractivity contribution in [2.75, 3.05) is 0 Å². The van der Waals surface area contributed by atoms with E-state index in [1.165, 1.54) is 23.3 Å². The molecule has 3 rings (SSSR count). The molecule has 0 N–H and O–H groups in total. The van der Waals surface area contributed by atoms with Crippen LogP contribution < -0.4 is 0 Å². The Morgan fingerprint density at radius 1 is 1.19 bits per heavy atom. The highest BCUT2D eigenvalue weighted by atomic mass is 35.5. The molecule has 0 aliphatic heterocycles. The van der Waals surface area contributed by atoms with Crippen molar-refractivity contribution in [3.05, 3.63) is 65.2 Å². The Hall–Kier alpha value is -1.87. The van der Waals surface area contributed by atoms with Crippen molar-refractivity contribution in [2.24, 2.45) is 0 Å². The zero-order valence-electron chi connectivity index (χ0n) is 12.0. The third kappa shape index (κ3) is 2.79. The maximum Gasteiger partial charge on any atom is 0.128 e. The minimum absolute atomic E-state index is 0.231. The Morgan fingerprint density at radius 2 is 1.90 bits per heavy atom. The molecule has 0 saturated carbocycles. The van der Waals surface area contributed by atoms with Crippen LogP contribution in [0.25, 0.3) is 11.0 Å². The second-order valence-electron chi connectivity index (χ2n) is 5.29. The van der Waals surface area contributed by atoms with Crippen molar-refractivity contribution in [3.63, 3.8) is 0 Å². The van der Waals surface area contributed by atoms with Crippen molar-refractivity contribution in [2.45, 2.75) is 25.8 Å². The molecular formula is C17H16ClFN2. The molecule has 0 spiro atoms. The fourth-order valence-electron chi connectivity index (χ4n) is 2.47. The molecule has 4 heteroatoms. The first-order chi connectivity index (χ1) is 10.0. The summed E-state index contributed by atoms with van der Waals surface area (Å²) in [6.45, 7) is 4.62. The zero-order chi connectivity index (χ0) is 15.0. The number of fused-ring (bicyclic) bond motifs is 1. The summed E-state index contributed by atoms with van der Waals surface area (Å²) >= 11 is 6.23. The van der Waals surface area contributed by atoms with Gasteiger partial charge in [0.25, 0.3) is 0 Å². The van der Waals surface area contributed by atoms with Crippen molar-refractivity contribution >= 4 is 22.6 Å². The van der Waals surface area contributed by atoms with E-state index < -0.39 is 0 Å². The van der Waals surface area contributed by atoms with E-state index in [0.29, 0.717) is 12.1 Å². The van der Waals surface area contributed by atoms with Gasteiger partial charge in [-0.05, 0) is 31.5 Å². The fraction of sp³-hybridized carbons (Fsp3) is 0.235. The van der Waals surface area contributed by atoms with Crippen LogP contribution in [0, 0.1) is 12.7 Å². The van der Waals surface area contributed by atoms with Gasteiger partial charge in [0.1, 0.15) is 11.6 Å². The normalized spacial score (nSPS) is 12.8. The van der Waals surface area contributed by atoms with Gasteiger partial charge in [-0.2, -0.15) is 0 Å². The summed E-state index contributed by atoms with van der Waals surface area (Å²) in [6.07, 6.45) is 0. The average Bonchev–Trinajstić information content (AvgIpc) is 2.79. The third-order valence-corrected chi connectivity index (χ3v) is 3.75. The zero-order valence-corrected chi connectivity index (χ0v) is 12.7. The van der Waals surface area contributed by atoms with Crippen molar-refractivity contribution in [1.82, 2.24) is 9.55 Å². The van der Waals surface area contributed by atoms with E-state index in [-0.39, 0.29) is 11.2 Å². The van der Waals surface area contributed by atoms with Crippen LogP contribution in [-0.4, -0.2) is 9.55 Å². The van der Waals surface area contributed by atoms with E-state index in [4.69, 9.17) is 11.6 Å². The van der Waals surface area contributed by atoms with Gasteiger partial charge < -0.3 is 4.57 Å². The lowest BCUT2D eigenvalue weighted by atomic mass is 10.1. The molecule has 0 radical (unpaired) electrons. The lowest BCUT2D eigenvalue weighted by Gasteiger charge is -2.11. The first-order valence-electron chi connectivity index (χ1n) is 6.90. The summed E-state index contributed by atoms with van der Waals surface area (Å²) in [5.41, 5.74) is 3.94. The van der Waals surface area contributed by atoms with Gasteiger partial charge in [-0.25, -0.2) is 9.37 Å².